The lowest BCUT2D eigenvalue weighted by molar-refractivity contribution is -0.321. The van der Waals surface area contributed by atoms with E-state index in [0.29, 0.717) is 0 Å². The molecule has 2 heterocycles. The van der Waals surface area contributed by atoms with Gasteiger partial charge in [-0.3, -0.25) is 0 Å². The minimum atomic E-state index is -1.59. The third-order valence-electron chi connectivity index (χ3n) is 4.08. The van der Waals surface area contributed by atoms with Gasteiger partial charge in [0.15, 0.2) is 6.29 Å². The Morgan fingerprint density at radius 3 is 2.14 bits per heavy atom. The van der Waals surface area contributed by atoms with Gasteiger partial charge in [0.25, 0.3) is 0 Å². The Labute approximate surface area is 126 Å². The molecule has 22 heavy (non-hydrogen) atoms. The molecule has 0 radical (unpaired) electrons. The van der Waals surface area contributed by atoms with E-state index in [-0.39, 0.29) is 13.2 Å². The largest absolute Gasteiger partial charge is 0.395 e. The molecule has 9 atom stereocenters. The number of nitrogens with one attached hydrogen (secondary N) is 1. The van der Waals surface area contributed by atoms with E-state index < -0.39 is 61.7 Å². The molecule has 0 spiro atoms. The molecule has 10 heteroatoms. The molecule has 2 saturated heterocycles. The maximum absolute atomic E-state index is 9.97. The van der Waals surface area contributed by atoms with Gasteiger partial charge in [0, 0.05) is 6.54 Å². The van der Waals surface area contributed by atoms with Crippen LogP contribution in [0.4, 0.5) is 0 Å². The van der Waals surface area contributed by atoms with Crippen molar-refractivity contribution in [2.75, 3.05) is 19.8 Å². The van der Waals surface area contributed by atoms with Gasteiger partial charge >= 0.3 is 0 Å². The second-order valence-electron chi connectivity index (χ2n) is 5.55. The van der Waals surface area contributed by atoms with Crippen molar-refractivity contribution in [3.8, 4) is 0 Å². The van der Waals surface area contributed by atoms with Crippen molar-refractivity contribution < 1.29 is 45.2 Å². The van der Waals surface area contributed by atoms with Gasteiger partial charge in [0.2, 0.25) is 0 Å². The molecule has 0 aromatic heterocycles. The van der Waals surface area contributed by atoms with Crippen molar-refractivity contribution in [1.82, 2.24) is 5.32 Å². The van der Waals surface area contributed by atoms with E-state index in [2.05, 4.69) is 5.32 Å². The molecule has 2 aliphatic rings. The smallest absolute Gasteiger partial charge is 0.187 e. The quantitative estimate of drug-likeness (QED) is 0.250. The molecular formula is C12H23NO9. The van der Waals surface area contributed by atoms with Crippen molar-refractivity contribution in [3.05, 3.63) is 0 Å². The molecule has 0 bridgehead atoms. The number of hydrogen-bond acceptors (Lipinski definition) is 10. The molecule has 2 fully saturated rings. The highest BCUT2D eigenvalue weighted by atomic mass is 16.7. The van der Waals surface area contributed by atoms with Gasteiger partial charge in [0.1, 0.15) is 36.6 Å². The number of hydrogen-bond donors (Lipinski definition) is 8. The lowest BCUT2D eigenvalue weighted by Gasteiger charge is -2.43. The Kier molecular flexibility index (Phi) is 6.07. The van der Waals surface area contributed by atoms with Crippen LogP contribution in [0.25, 0.3) is 0 Å². The maximum Gasteiger partial charge on any atom is 0.187 e. The summed E-state index contributed by atoms with van der Waals surface area (Å²) in [6.07, 6.45) is -10.8. The van der Waals surface area contributed by atoms with Crippen molar-refractivity contribution in [2.24, 2.45) is 0 Å². The second-order valence-corrected chi connectivity index (χ2v) is 5.55. The van der Waals surface area contributed by atoms with Crippen LogP contribution in [0.15, 0.2) is 0 Å². The van der Waals surface area contributed by atoms with E-state index >= 15 is 0 Å². The van der Waals surface area contributed by atoms with Crippen LogP contribution in [0.5, 0.6) is 0 Å². The van der Waals surface area contributed by atoms with Crippen LogP contribution in [0.1, 0.15) is 0 Å². The molecule has 130 valence electrons. The SMILES string of the molecule is OC[C@H]1NC[C@@H](O[C@H]2O[C@H](CO)[C@H](O)[C@H](O)[C@H]2O)[C@@H](O)[C@@H]1O. The summed E-state index contributed by atoms with van der Waals surface area (Å²) in [5.41, 5.74) is 0. The Bertz CT molecular complexity index is 357. The Morgan fingerprint density at radius 2 is 1.55 bits per heavy atom. The van der Waals surface area contributed by atoms with Crippen molar-refractivity contribution in [3.63, 3.8) is 0 Å². The summed E-state index contributed by atoms with van der Waals surface area (Å²) in [5, 5.41) is 69.8. The van der Waals surface area contributed by atoms with Gasteiger partial charge in [-0.2, -0.15) is 0 Å². The average Bonchev–Trinajstić information content (AvgIpc) is 2.52. The van der Waals surface area contributed by atoms with E-state index in [4.69, 9.17) is 19.7 Å². The first-order valence-electron chi connectivity index (χ1n) is 7.07. The summed E-state index contributed by atoms with van der Waals surface area (Å²) >= 11 is 0. The van der Waals surface area contributed by atoms with Crippen LogP contribution in [0.3, 0.4) is 0 Å². The van der Waals surface area contributed by atoms with E-state index in [1.54, 1.807) is 0 Å². The van der Waals surface area contributed by atoms with Gasteiger partial charge in [-0.05, 0) is 0 Å². The predicted octanol–water partition coefficient (Wildman–Crippen LogP) is -5.14. The van der Waals surface area contributed by atoms with Crippen LogP contribution in [0, 0.1) is 0 Å². The predicted molar refractivity (Wildman–Crippen MR) is 69.5 cm³/mol. The summed E-state index contributed by atoms with van der Waals surface area (Å²) < 4.78 is 10.5. The molecule has 0 saturated carbocycles. The zero-order chi connectivity index (χ0) is 16.4. The van der Waals surface area contributed by atoms with Crippen LogP contribution in [-0.2, 0) is 9.47 Å². The first-order valence-corrected chi connectivity index (χ1v) is 7.07. The highest BCUT2D eigenvalue weighted by Crippen LogP contribution is 2.25. The lowest BCUT2D eigenvalue weighted by Crippen LogP contribution is -2.65. The molecule has 8 N–H and O–H groups in total. The number of rotatable bonds is 4. The maximum atomic E-state index is 9.97. The molecular weight excluding hydrogens is 302 g/mol. The third kappa shape index (κ3) is 3.41. The zero-order valence-corrected chi connectivity index (χ0v) is 11.8. The summed E-state index contributed by atoms with van der Waals surface area (Å²) in [6.45, 7) is -0.894. The van der Waals surface area contributed by atoms with Crippen LogP contribution >= 0.6 is 0 Å². The summed E-state index contributed by atoms with van der Waals surface area (Å²) in [5.74, 6) is 0. The van der Waals surface area contributed by atoms with Gasteiger partial charge in [-0.15, -0.1) is 0 Å². The Hall–Kier alpha value is -0.400. The van der Waals surface area contributed by atoms with E-state index in [1.807, 2.05) is 0 Å². The number of aliphatic hydroxyl groups is 7. The van der Waals surface area contributed by atoms with E-state index in [0.717, 1.165) is 0 Å². The monoisotopic (exact) mass is 325 g/mol. The normalized spacial score (nSPS) is 50.0. The number of ether oxygens (including phenoxy) is 2. The van der Waals surface area contributed by atoms with Crippen molar-refractivity contribution in [1.29, 1.82) is 0 Å². The Balaban J connectivity index is 2.00. The van der Waals surface area contributed by atoms with Gasteiger partial charge in [-0.1, -0.05) is 0 Å². The molecule has 2 aliphatic heterocycles. The first-order chi connectivity index (χ1) is 10.4. The summed E-state index contributed by atoms with van der Waals surface area (Å²) in [4.78, 5) is 0. The molecule has 0 unspecified atom stereocenters. The fourth-order valence-corrected chi connectivity index (χ4v) is 2.62. The number of piperidine rings is 1. The van der Waals surface area contributed by atoms with Crippen molar-refractivity contribution in [2.45, 2.75) is 55.1 Å². The minimum absolute atomic E-state index is 0.0679. The first kappa shape index (κ1) is 17.9. The minimum Gasteiger partial charge on any atom is -0.395 e. The fourth-order valence-electron chi connectivity index (χ4n) is 2.62. The van der Waals surface area contributed by atoms with E-state index in [9.17, 15) is 25.5 Å². The molecule has 0 aromatic carbocycles. The molecule has 10 nitrogen and oxygen atoms in total. The fraction of sp³-hybridized carbons (Fsp3) is 1.00. The van der Waals surface area contributed by atoms with Crippen LogP contribution in [-0.4, -0.2) is 111 Å². The topological polar surface area (TPSA) is 172 Å². The molecule has 0 amide bonds. The molecule has 0 aromatic rings. The van der Waals surface area contributed by atoms with Gasteiger partial charge < -0.3 is 50.5 Å². The van der Waals surface area contributed by atoms with E-state index in [1.165, 1.54) is 0 Å². The zero-order valence-electron chi connectivity index (χ0n) is 11.8. The summed E-state index contributed by atoms with van der Waals surface area (Å²) in [7, 11) is 0. The van der Waals surface area contributed by atoms with Crippen LogP contribution in [0.2, 0.25) is 0 Å². The van der Waals surface area contributed by atoms with Crippen molar-refractivity contribution >= 4 is 0 Å². The standard InChI is InChI=1S/C12H23NO9/c14-2-4-7(16)8(17)5(1-13-4)21-12-11(20)10(19)9(18)6(3-15)22-12/h4-20H,1-3H2/t4-,5-,6-,7-,8-,9+,10+,11-,12+/m1/s1. The molecule has 0 aliphatic carbocycles. The number of aliphatic hydroxyl groups excluding tert-OH is 7. The molecule has 2 rings (SSSR count). The third-order valence-corrected chi connectivity index (χ3v) is 4.08. The second kappa shape index (κ2) is 7.45. The lowest BCUT2D eigenvalue weighted by atomic mass is 9.95. The van der Waals surface area contributed by atoms with Crippen LogP contribution < -0.4 is 5.32 Å². The average molecular weight is 325 g/mol. The highest BCUT2D eigenvalue weighted by molar-refractivity contribution is 4.95. The van der Waals surface area contributed by atoms with Gasteiger partial charge in [-0.25, -0.2) is 0 Å². The highest BCUT2D eigenvalue weighted by Gasteiger charge is 2.47. The summed E-state index contributed by atoms with van der Waals surface area (Å²) in [6, 6.07) is -0.704. The Morgan fingerprint density at radius 1 is 0.864 bits per heavy atom. The van der Waals surface area contributed by atoms with Gasteiger partial charge in [0.05, 0.1) is 25.4 Å².